The van der Waals surface area contributed by atoms with Crippen LogP contribution in [0.4, 0.5) is 0 Å². The van der Waals surface area contributed by atoms with Crippen LogP contribution in [0.3, 0.4) is 0 Å². The van der Waals surface area contributed by atoms with E-state index in [0.717, 1.165) is 22.8 Å². The molecular weight excluding hydrogens is 244 g/mol. The molecule has 2 fully saturated rings. The highest BCUT2D eigenvalue weighted by Gasteiger charge is 2.57. The van der Waals surface area contributed by atoms with Gasteiger partial charge >= 0.3 is 0 Å². The largest absolute Gasteiger partial charge is 0.454 e. The van der Waals surface area contributed by atoms with E-state index in [9.17, 15) is 5.11 Å². The highest BCUT2D eigenvalue weighted by Crippen LogP contribution is 2.58. The molecule has 2 saturated carbocycles. The number of hydrogen-bond acceptors (Lipinski definition) is 2. The molecule has 3 heteroatoms. The summed E-state index contributed by atoms with van der Waals surface area (Å²) in [6.07, 6.45) is 4.04. The van der Waals surface area contributed by atoms with Gasteiger partial charge in [-0.3, -0.25) is 0 Å². The van der Waals surface area contributed by atoms with Crippen LogP contribution in [0.1, 0.15) is 25.0 Å². The molecule has 2 nitrogen and oxygen atoms in total. The van der Waals surface area contributed by atoms with Gasteiger partial charge in [-0.2, -0.15) is 0 Å². The molecule has 2 aliphatic carbocycles. The van der Waals surface area contributed by atoms with E-state index in [1.807, 2.05) is 12.1 Å². The summed E-state index contributed by atoms with van der Waals surface area (Å²) in [5, 5.41) is 10.4. The van der Waals surface area contributed by atoms with Crippen molar-refractivity contribution in [1.29, 1.82) is 0 Å². The molecule has 14 heavy (non-hydrogen) atoms. The summed E-state index contributed by atoms with van der Waals surface area (Å²) in [6.45, 7) is 0. The Bertz CT molecular complexity index is 360. The van der Waals surface area contributed by atoms with E-state index in [4.69, 9.17) is 4.42 Å². The summed E-state index contributed by atoms with van der Waals surface area (Å²) in [7, 11) is 0. The van der Waals surface area contributed by atoms with E-state index in [-0.39, 0.29) is 0 Å². The first-order valence-corrected chi connectivity index (χ1v) is 5.93. The minimum atomic E-state index is -0.470. The zero-order valence-electron chi connectivity index (χ0n) is 7.87. The van der Waals surface area contributed by atoms with Crippen molar-refractivity contribution in [2.75, 3.05) is 0 Å². The Morgan fingerprint density at radius 2 is 2.43 bits per heavy atom. The van der Waals surface area contributed by atoms with Crippen molar-refractivity contribution in [3.8, 4) is 0 Å². The number of aliphatic hydroxyl groups is 1. The van der Waals surface area contributed by atoms with Crippen LogP contribution in [0.5, 0.6) is 0 Å². The van der Waals surface area contributed by atoms with E-state index in [2.05, 4.69) is 15.9 Å². The van der Waals surface area contributed by atoms with Gasteiger partial charge in [0.2, 0.25) is 0 Å². The highest BCUT2D eigenvalue weighted by atomic mass is 79.9. The lowest BCUT2D eigenvalue weighted by molar-refractivity contribution is 0.0204. The van der Waals surface area contributed by atoms with Crippen molar-refractivity contribution >= 4 is 15.9 Å². The minimum Gasteiger partial charge on any atom is -0.454 e. The van der Waals surface area contributed by atoms with Crippen molar-refractivity contribution in [3.05, 3.63) is 22.6 Å². The molecule has 3 rings (SSSR count). The molecule has 3 atom stereocenters. The average molecular weight is 257 g/mol. The summed E-state index contributed by atoms with van der Waals surface area (Å²) < 4.78 is 6.19. The van der Waals surface area contributed by atoms with Crippen molar-refractivity contribution in [2.45, 2.75) is 31.3 Å². The Kier molecular flexibility index (Phi) is 1.83. The third-order valence-corrected chi connectivity index (χ3v) is 4.10. The zero-order valence-corrected chi connectivity index (χ0v) is 9.46. The van der Waals surface area contributed by atoms with E-state index < -0.39 is 5.60 Å². The molecule has 0 radical (unpaired) electrons. The number of hydrogen-bond donors (Lipinski definition) is 1. The molecular formula is C11H13BrO2. The van der Waals surface area contributed by atoms with Gasteiger partial charge in [0, 0.05) is 6.42 Å². The van der Waals surface area contributed by atoms with E-state index in [1.165, 1.54) is 12.8 Å². The van der Waals surface area contributed by atoms with Crippen LogP contribution >= 0.6 is 15.9 Å². The molecule has 2 aliphatic rings. The lowest BCUT2D eigenvalue weighted by Crippen LogP contribution is -2.31. The second-order valence-electron chi connectivity index (χ2n) is 4.63. The Hall–Kier alpha value is -0.280. The lowest BCUT2D eigenvalue weighted by Gasteiger charge is -2.23. The van der Waals surface area contributed by atoms with Crippen molar-refractivity contribution < 1.29 is 9.52 Å². The van der Waals surface area contributed by atoms with Gasteiger partial charge in [0.25, 0.3) is 0 Å². The molecule has 0 aliphatic heterocycles. The first kappa shape index (κ1) is 8.98. The lowest BCUT2D eigenvalue weighted by atomic mass is 9.92. The average Bonchev–Trinajstić information content (AvgIpc) is 2.74. The molecule has 1 aromatic heterocycles. The maximum Gasteiger partial charge on any atom is 0.169 e. The number of fused-ring (bicyclic) bond motifs is 1. The monoisotopic (exact) mass is 256 g/mol. The summed E-state index contributed by atoms with van der Waals surface area (Å²) >= 11 is 3.28. The van der Waals surface area contributed by atoms with Crippen LogP contribution in [0.2, 0.25) is 0 Å². The van der Waals surface area contributed by atoms with Gasteiger partial charge < -0.3 is 9.52 Å². The summed E-state index contributed by atoms with van der Waals surface area (Å²) in [5.41, 5.74) is -0.470. The second kappa shape index (κ2) is 2.86. The first-order valence-electron chi connectivity index (χ1n) is 5.14. The second-order valence-corrected chi connectivity index (χ2v) is 5.41. The van der Waals surface area contributed by atoms with E-state index in [1.54, 1.807) is 0 Å². The third kappa shape index (κ3) is 1.34. The fourth-order valence-electron chi connectivity index (χ4n) is 2.81. The fraction of sp³-hybridized carbons (Fsp3) is 0.636. The predicted octanol–water partition coefficient (Wildman–Crippen LogP) is 2.75. The van der Waals surface area contributed by atoms with Crippen LogP contribution in [-0.4, -0.2) is 10.7 Å². The molecule has 76 valence electrons. The van der Waals surface area contributed by atoms with Crippen LogP contribution < -0.4 is 0 Å². The number of rotatable bonds is 2. The number of halogens is 1. The van der Waals surface area contributed by atoms with Gasteiger partial charge in [0.05, 0.1) is 5.60 Å². The van der Waals surface area contributed by atoms with Crippen molar-refractivity contribution in [3.63, 3.8) is 0 Å². The van der Waals surface area contributed by atoms with Gasteiger partial charge in [-0.15, -0.1) is 0 Å². The van der Waals surface area contributed by atoms with Gasteiger partial charge in [-0.05, 0) is 59.2 Å². The van der Waals surface area contributed by atoms with Crippen molar-refractivity contribution in [1.82, 2.24) is 0 Å². The molecule has 0 spiro atoms. The SMILES string of the molecule is OC1(Cc2ccc(Br)o2)CCC2CC21. The maximum atomic E-state index is 10.4. The van der Waals surface area contributed by atoms with Gasteiger partial charge in [-0.1, -0.05) is 0 Å². The Morgan fingerprint density at radius 3 is 2.93 bits per heavy atom. The molecule has 0 aromatic carbocycles. The van der Waals surface area contributed by atoms with Crippen LogP contribution in [0.25, 0.3) is 0 Å². The highest BCUT2D eigenvalue weighted by molar-refractivity contribution is 9.10. The standard InChI is InChI=1S/C11H13BrO2/c12-10-2-1-8(14-10)6-11(13)4-3-7-5-9(7)11/h1-2,7,9,13H,3-6H2. The van der Waals surface area contributed by atoms with E-state index in [0.29, 0.717) is 12.3 Å². The Labute approximate surface area is 91.4 Å². The maximum absolute atomic E-state index is 10.4. The van der Waals surface area contributed by atoms with Gasteiger partial charge in [-0.25, -0.2) is 0 Å². The summed E-state index contributed by atoms with van der Waals surface area (Å²) in [4.78, 5) is 0. The smallest absolute Gasteiger partial charge is 0.169 e. The fourth-order valence-corrected chi connectivity index (χ4v) is 3.15. The van der Waals surface area contributed by atoms with Crippen molar-refractivity contribution in [2.24, 2.45) is 11.8 Å². The molecule has 0 bridgehead atoms. The Balaban J connectivity index is 1.77. The van der Waals surface area contributed by atoms with Gasteiger partial charge in [0.15, 0.2) is 4.67 Å². The van der Waals surface area contributed by atoms with Crippen LogP contribution in [0, 0.1) is 11.8 Å². The first-order chi connectivity index (χ1) is 6.67. The molecule has 1 aromatic rings. The zero-order chi connectivity index (χ0) is 9.76. The summed E-state index contributed by atoms with van der Waals surface area (Å²) in [6, 6.07) is 3.83. The molecule has 0 amide bonds. The normalized spacial score (nSPS) is 39.9. The predicted molar refractivity (Wildman–Crippen MR) is 55.9 cm³/mol. The molecule has 1 N–H and O–H groups in total. The van der Waals surface area contributed by atoms with Crippen LogP contribution in [-0.2, 0) is 6.42 Å². The molecule has 1 heterocycles. The molecule has 0 saturated heterocycles. The Morgan fingerprint density at radius 1 is 1.57 bits per heavy atom. The minimum absolute atomic E-state index is 0.470. The third-order valence-electron chi connectivity index (χ3n) is 3.67. The van der Waals surface area contributed by atoms with Crippen LogP contribution in [0.15, 0.2) is 21.2 Å². The molecule has 3 unspecified atom stereocenters. The number of furan rings is 1. The quantitative estimate of drug-likeness (QED) is 0.883. The topological polar surface area (TPSA) is 33.4 Å². The van der Waals surface area contributed by atoms with Gasteiger partial charge in [0.1, 0.15) is 5.76 Å². The van der Waals surface area contributed by atoms with E-state index >= 15 is 0 Å². The summed E-state index contributed by atoms with van der Waals surface area (Å²) in [5.74, 6) is 2.25.